The Bertz CT molecular complexity index is 1070. The van der Waals surface area contributed by atoms with E-state index in [-0.39, 0.29) is 12.5 Å². The van der Waals surface area contributed by atoms with Crippen molar-refractivity contribution < 1.29 is 14.3 Å². The van der Waals surface area contributed by atoms with Crippen LogP contribution in [-0.2, 0) is 16.9 Å². The summed E-state index contributed by atoms with van der Waals surface area (Å²) in [7, 11) is 0. The summed E-state index contributed by atoms with van der Waals surface area (Å²) in [4.78, 5) is 31.8. The first-order chi connectivity index (χ1) is 13.7. The Morgan fingerprint density at radius 1 is 1.11 bits per heavy atom. The molecule has 1 aromatic heterocycles. The van der Waals surface area contributed by atoms with Crippen molar-refractivity contribution in [2.75, 3.05) is 6.61 Å². The van der Waals surface area contributed by atoms with Crippen LogP contribution in [0.25, 0.3) is 10.6 Å². The van der Waals surface area contributed by atoms with E-state index in [0.29, 0.717) is 30.0 Å². The van der Waals surface area contributed by atoms with Crippen LogP contribution in [-0.4, -0.2) is 28.4 Å². The normalized spacial score (nSPS) is 20.8. The van der Waals surface area contributed by atoms with Crippen LogP contribution in [0.3, 0.4) is 0 Å². The molecule has 2 aliphatic heterocycles. The minimum absolute atomic E-state index is 0.152. The summed E-state index contributed by atoms with van der Waals surface area (Å²) in [6.45, 7) is 0.532. The van der Waals surface area contributed by atoms with Crippen molar-refractivity contribution in [1.29, 1.82) is 0 Å². The predicted octanol–water partition coefficient (Wildman–Crippen LogP) is 3.54. The van der Waals surface area contributed by atoms with Gasteiger partial charge in [-0.05, 0) is 6.07 Å². The number of rotatable bonds is 3. The third kappa shape index (κ3) is 2.58. The fourth-order valence-electron chi connectivity index (χ4n) is 3.77. The summed E-state index contributed by atoms with van der Waals surface area (Å²) in [6.07, 6.45) is 0.414. The Hall–Kier alpha value is -3.19. The lowest BCUT2D eigenvalue weighted by Gasteiger charge is -2.33. The second-order valence-electron chi connectivity index (χ2n) is 6.83. The number of benzene rings is 2. The average molecular weight is 391 g/mol. The van der Waals surface area contributed by atoms with Crippen LogP contribution in [0.1, 0.15) is 17.7 Å². The lowest BCUT2D eigenvalue weighted by Crippen LogP contribution is -2.47. The number of carbonyl (C=O) groups excluding carboxylic acids is 2. The van der Waals surface area contributed by atoms with Crippen molar-refractivity contribution in [2.24, 2.45) is 0 Å². The SMILES string of the molecule is O=C1NC2(CCOc3ccccc32)C(=O)N1Cc1csc(-c2ccccc2)n1. The molecule has 1 saturated heterocycles. The first-order valence-corrected chi connectivity index (χ1v) is 9.91. The van der Waals surface area contributed by atoms with E-state index in [0.717, 1.165) is 10.6 Å². The van der Waals surface area contributed by atoms with Crippen molar-refractivity contribution in [3.8, 4) is 16.3 Å². The van der Waals surface area contributed by atoms with E-state index < -0.39 is 11.6 Å². The lowest BCUT2D eigenvalue weighted by atomic mass is 9.84. The van der Waals surface area contributed by atoms with Crippen LogP contribution < -0.4 is 10.1 Å². The summed E-state index contributed by atoms with van der Waals surface area (Å²) in [6, 6.07) is 16.8. The van der Waals surface area contributed by atoms with Crippen molar-refractivity contribution in [3.63, 3.8) is 0 Å². The van der Waals surface area contributed by atoms with Crippen LogP contribution in [0, 0.1) is 0 Å². The third-order valence-electron chi connectivity index (χ3n) is 5.15. The highest BCUT2D eigenvalue weighted by Gasteiger charge is 2.54. The maximum absolute atomic E-state index is 13.3. The van der Waals surface area contributed by atoms with Crippen molar-refractivity contribution >= 4 is 23.3 Å². The summed E-state index contributed by atoms with van der Waals surface area (Å²) in [5, 5.41) is 5.68. The molecule has 3 aromatic rings. The van der Waals surface area contributed by atoms with E-state index in [1.807, 2.05) is 60.0 Å². The van der Waals surface area contributed by atoms with Crippen LogP contribution in [0.4, 0.5) is 4.79 Å². The zero-order chi connectivity index (χ0) is 19.1. The monoisotopic (exact) mass is 391 g/mol. The highest BCUT2D eigenvalue weighted by Crippen LogP contribution is 2.41. The van der Waals surface area contributed by atoms with Gasteiger partial charge in [0.05, 0.1) is 18.8 Å². The molecule has 140 valence electrons. The second-order valence-corrected chi connectivity index (χ2v) is 7.69. The fourth-order valence-corrected chi connectivity index (χ4v) is 4.59. The molecule has 1 fully saturated rings. The van der Waals surface area contributed by atoms with E-state index >= 15 is 0 Å². The molecule has 0 bridgehead atoms. The number of hydrogen-bond acceptors (Lipinski definition) is 5. The Morgan fingerprint density at radius 3 is 2.75 bits per heavy atom. The van der Waals surface area contributed by atoms with Gasteiger partial charge in [0.1, 0.15) is 10.8 Å². The standard InChI is InChI=1S/C21H17N3O3S/c25-19-21(10-11-27-17-9-5-4-8-16(17)21)23-20(26)24(19)12-15-13-28-18(22-15)14-6-2-1-3-7-14/h1-9,13H,10-12H2,(H,23,26). The Balaban J connectivity index is 1.43. The van der Waals surface area contributed by atoms with Crippen molar-refractivity contribution in [1.82, 2.24) is 15.2 Å². The smallest absolute Gasteiger partial charge is 0.325 e. The summed E-state index contributed by atoms with van der Waals surface area (Å²) >= 11 is 1.50. The van der Waals surface area contributed by atoms with E-state index in [4.69, 9.17) is 4.74 Å². The fraction of sp³-hybridized carbons (Fsp3) is 0.190. The van der Waals surface area contributed by atoms with Crippen LogP contribution in [0.15, 0.2) is 60.0 Å². The van der Waals surface area contributed by atoms with Gasteiger partial charge < -0.3 is 10.1 Å². The quantitative estimate of drug-likeness (QED) is 0.693. The Morgan fingerprint density at radius 2 is 1.89 bits per heavy atom. The minimum Gasteiger partial charge on any atom is -0.493 e. The highest BCUT2D eigenvalue weighted by molar-refractivity contribution is 7.13. The van der Waals surface area contributed by atoms with E-state index in [1.54, 1.807) is 0 Å². The first kappa shape index (κ1) is 16.9. The number of nitrogens with zero attached hydrogens (tertiary/aromatic N) is 2. The zero-order valence-electron chi connectivity index (χ0n) is 14.9. The molecule has 1 spiro atoms. The molecule has 5 rings (SSSR count). The first-order valence-electron chi connectivity index (χ1n) is 9.04. The number of para-hydroxylation sites is 1. The summed E-state index contributed by atoms with van der Waals surface area (Å²) < 4.78 is 5.67. The van der Waals surface area contributed by atoms with E-state index in [2.05, 4.69) is 10.3 Å². The number of nitrogens with one attached hydrogen (secondary N) is 1. The highest BCUT2D eigenvalue weighted by atomic mass is 32.1. The van der Waals surface area contributed by atoms with E-state index in [9.17, 15) is 9.59 Å². The molecule has 1 unspecified atom stereocenters. The van der Waals surface area contributed by atoms with Gasteiger partial charge in [-0.1, -0.05) is 48.5 Å². The molecule has 0 aliphatic carbocycles. The number of amides is 3. The van der Waals surface area contributed by atoms with Crippen LogP contribution in [0.2, 0.25) is 0 Å². The Labute approximate surface area is 165 Å². The van der Waals surface area contributed by atoms with Crippen LogP contribution >= 0.6 is 11.3 Å². The van der Waals surface area contributed by atoms with Crippen molar-refractivity contribution in [2.45, 2.75) is 18.5 Å². The van der Waals surface area contributed by atoms with Crippen LogP contribution in [0.5, 0.6) is 5.75 Å². The van der Waals surface area contributed by atoms with Gasteiger partial charge in [0, 0.05) is 22.9 Å². The molecule has 0 saturated carbocycles. The predicted molar refractivity (Wildman–Crippen MR) is 105 cm³/mol. The number of thiazole rings is 1. The number of urea groups is 1. The van der Waals surface area contributed by atoms with Gasteiger partial charge in [-0.25, -0.2) is 9.78 Å². The lowest BCUT2D eigenvalue weighted by molar-refractivity contribution is -0.133. The number of imide groups is 1. The van der Waals surface area contributed by atoms with Gasteiger partial charge in [-0.2, -0.15) is 0 Å². The molecule has 1 atom stereocenters. The number of fused-ring (bicyclic) bond motifs is 2. The molecule has 0 radical (unpaired) electrons. The molecule has 2 aromatic carbocycles. The maximum atomic E-state index is 13.3. The van der Waals surface area contributed by atoms with Gasteiger partial charge in [0.25, 0.3) is 5.91 Å². The van der Waals surface area contributed by atoms with Gasteiger partial charge in [-0.15, -0.1) is 11.3 Å². The topological polar surface area (TPSA) is 71.5 Å². The maximum Gasteiger partial charge on any atom is 0.325 e. The molecular formula is C21H17N3O3S. The number of ether oxygens (including phenoxy) is 1. The zero-order valence-corrected chi connectivity index (χ0v) is 15.7. The second kappa shape index (κ2) is 6.45. The molecule has 6 nitrogen and oxygen atoms in total. The molecule has 3 amide bonds. The van der Waals surface area contributed by atoms with Gasteiger partial charge in [0.2, 0.25) is 0 Å². The van der Waals surface area contributed by atoms with Crippen molar-refractivity contribution in [3.05, 3.63) is 71.2 Å². The third-order valence-corrected chi connectivity index (χ3v) is 6.09. The molecule has 1 N–H and O–H groups in total. The number of carbonyl (C=O) groups is 2. The van der Waals surface area contributed by atoms with Gasteiger partial charge in [-0.3, -0.25) is 9.69 Å². The molecular weight excluding hydrogens is 374 g/mol. The molecule has 2 aliphatic rings. The van der Waals surface area contributed by atoms with E-state index in [1.165, 1.54) is 16.2 Å². The number of aromatic nitrogens is 1. The van der Waals surface area contributed by atoms with Gasteiger partial charge in [0.15, 0.2) is 5.54 Å². The minimum atomic E-state index is -1.05. The molecule has 28 heavy (non-hydrogen) atoms. The molecule has 3 heterocycles. The Kier molecular flexibility index (Phi) is 3.91. The molecule has 7 heteroatoms. The van der Waals surface area contributed by atoms with Gasteiger partial charge >= 0.3 is 6.03 Å². The summed E-state index contributed by atoms with van der Waals surface area (Å²) in [5.74, 6) is 0.395. The summed E-state index contributed by atoms with van der Waals surface area (Å²) in [5.41, 5.74) is 1.38. The average Bonchev–Trinajstić information content (AvgIpc) is 3.29. The number of hydrogen-bond donors (Lipinski definition) is 1. The largest absolute Gasteiger partial charge is 0.493 e.